The van der Waals surface area contributed by atoms with Crippen molar-refractivity contribution in [3.8, 4) is 0 Å². The van der Waals surface area contributed by atoms with E-state index < -0.39 is 6.10 Å². The van der Waals surface area contributed by atoms with Crippen molar-refractivity contribution in [3.05, 3.63) is 0 Å². The van der Waals surface area contributed by atoms with Crippen molar-refractivity contribution in [2.24, 2.45) is 0 Å². The van der Waals surface area contributed by atoms with Crippen LogP contribution in [0.1, 0.15) is 20.8 Å². The number of aliphatic hydroxyl groups excluding tert-OH is 2. The van der Waals surface area contributed by atoms with Crippen LogP contribution in [0, 0.1) is 0 Å². The van der Waals surface area contributed by atoms with Crippen molar-refractivity contribution in [1.82, 2.24) is 0 Å². The largest absolute Gasteiger partial charge is 0.460 e. The lowest BCUT2D eigenvalue weighted by atomic mass is 10.4. The molecule has 2 unspecified atom stereocenters. The third kappa shape index (κ3) is 17.4. The molecule has 0 amide bonds. The van der Waals surface area contributed by atoms with Crippen molar-refractivity contribution in [2.75, 3.05) is 20.3 Å². The van der Waals surface area contributed by atoms with Crippen LogP contribution in [0.5, 0.6) is 0 Å². The predicted molar refractivity (Wildman–Crippen MR) is 51.9 cm³/mol. The summed E-state index contributed by atoms with van der Waals surface area (Å²) < 4.78 is 9.45. The molecule has 0 aromatic heterocycles. The summed E-state index contributed by atoms with van der Waals surface area (Å²) in [6.45, 7) is 5.01. The topological polar surface area (TPSA) is 76.0 Å². The number of carbonyl (C=O) groups is 1. The van der Waals surface area contributed by atoms with Crippen molar-refractivity contribution in [2.45, 2.75) is 33.0 Å². The van der Waals surface area contributed by atoms with E-state index in [4.69, 9.17) is 19.7 Å². The Kier molecular flexibility index (Phi) is 11.8. The van der Waals surface area contributed by atoms with Gasteiger partial charge in [0.1, 0.15) is 6.10 Å². The zero-order chi connectivity index (χ0) is 11.6. The fraction of sp³-hybridized carbons (Fsp3) is 0.889. The van der Waals surface area contributed by atoms with E-state index >= 15 is 0 Å². The first-order valence-electron chi connectivity index (χ1n) is 4.39. The molecule has 0 saturated heterocycles. The fourth-order valence-corrected chi connectivity index (χ4v) is 0.552. The number of carbonyl (C=O) groups excluding carboxylic acids is 1. The van der Waals surface area contributed by atoms with Crippen LogP contribution in [0.4, 0.5) is 0 Å². The third-order valence-electron chi connectivity index (χ3n) is 1.03. The van der Waals surface area contributed by atoms with Gasteiger partial charge in [-0.15, -0.1) is 0 Å². The summed E-state index contributed by atoms with van der Waals surface area (Å²) >= 11 is 0. The van der Waals surface area contributed by atoms with Gasteiger partial charge in [0.2, 0.25) is 0 Å². The van der Waals surface area contributed by atoms with Crippen LogP contribution in [-0.2, 0) is 14.3 Å². The average molecular weight is 208 g/mol. The van der Waals surface area contributed by atoms with E-state index in [1.54, 1.807) is 14.0 Å². The van der Waals surface area contributed by atoms with E-state index in [1.807, 2.05) is 0 Å². The van der Waals surface area contributed by atoms with Gasteiger partial charge < -0.3 is 19.7 Å². The minimum atomic E-state index is -0.560. The molecule has 5 nitrogen and oxygen atoms in total. The van der Waals surface area contributed by atoms with Gasteiger partial charge in [-0.05, 0) is 13.8 Å². The molecule has 0 aliphatic carbocycles. The van der Waals surface area contributed by atoms with E-state index in [1.165, 1.54) is 13.8 Å². The van der Waals surface area contributed by atoms with Crippen LogP contribution in [-0.4, -0.2) is 48.7 Å². The maximum absolute atomic E-state index is 10.3. The van der Waals surface area contributed by atoms with Gasteiger partial charge in [0, 0.05) is 14.0 Å². The average Bonchev–Trinajstić information content (AvgIpc) is 2.04. The lowest BCUT2D eigenvalue weighted by Crippen LogP contribution is -2.17. The maximum Gasteiger partial charge on any atom is 0.302 e. The Bertz CT molecular complexity index is 135. The zero-order valence-corrected chi connectivity index (χ0v) is 9.19. The molecule has 86 valence electrons. The molecule has 0 spiro atoms. The summed E-state index contributed by atoms with van der Waals surface area (Å²) in [7, 11) is 1.57. The number of aliphatic hydroxyl groups is 2. The summed E-state index contributed by atoms with van der Waals surface area (Å²) in [5.74, 6) is -0.264. The van der Waals surface area contributed by atoms with E-state index in [0.29, 0.717) is 6.61 Å². The SMILES string of the molecule is CC(O)CO.COCC(C)OC(C)=O. The third-order valence-corrected chi connectivity index (χ3v) is 1.03. The molecule has 0 rings (SSSR count). The number of hydrogen-bond donors (Lipinski definition) is 2. The minimum Gasteiger partial charge on any atom is -0.460 e. The molecule has 0 saturated carbocycles. The highest BCUT2D eigenvalue weighted by molar-refractivity contribution is 5.66. The molecular formula is C9H20O5. The highest BCUT2D eigenvalue weighted by atomic mass is 16.6. The van der Waals surface area contributed by atoms with E-state index in [2.05, 4.69) is 0 Å². The van der Waals surface area contributed by atoms with Gasteiger partial charge in [-0.2, -0.15) is 0 Å². The zero-order valence-electron chi connectivity index (χ0n) is 9.19. The molecule has 0 heterocycles. The molecule has 0 radical (unpaired) electrons. The Balaban J connectivity index is 0. The van der Waals surface area contributed by atoms with Gasteiger partial charge in [0.25, 0.3) is 0 Å². The number of ether oxygens (including phenoxy) is 2. The summed E-state index contributed by atoms with van der Waals surface area (Å²) in [6.07, 6.45) is -0.692. The monoisotopic (exact) mass is 208 g/mol. The van der Waals surface area contributed by atoms with Crippen LogP contribution in [0.3, 0.4) is 0 Å². The number of hydrogen-bond acceptors (Lipinski definition) is 5. The molecule has 0 aliphatic rings. The number of rotatable bonds is 4. The highest BCUT2D eigenvalue weighted by Crippen LogP contribution is 1.90. The molecule has 5 heteroatoms. The molecule has 0 bridgehead atoms. The standard InChI is InChI=1S/C6H12O3.C3H8O2/c1-5(4-8-3)9-6(2)7;1-3(5)2-4/h5H,4H2,1-3H3;3-5H,2H2,1H3. The Morgan fingerprint density at radius 3 is 2.07 bits per heavy atom. The van der Waals surface area contributed by atoms with Crippen LogP contribution in [0.25, 0.3) is 0 Å². The van der Waals surface area contributed by atoms with Crippen LogP contribution < -0.4 is 0 Å². The smallest absolute Gasteiger partial charge is 0.302 e. The van der Waals surface area contributed by atoms with E-state index in [0.717, 1.165) is 0 Å². The van der Waals surface area contributed by atoms with Gasteiger partial charge in [-0.1, -0.05) is 0 Å². The fourth-order valence-electron chi connectivity index (χ4n) is 0.552. The number of methoxy groups -OCH3 is 1. The van der Waals surface area contributed by atoms with Gasteiger partial charge in [-0.25, -0.2) is 0 Å². The number of esters is 1. The van der Waals surface area contributed by atoms with Crippen LogP contribution in [0.2, 0.25) is 0 Å². The van der Waals surface area contributed by atoms with E-state index in [9.17, 15) is 4.79 Å². The van der Waals surface area contributed by atoms with Gasteiger partial charge in [0.15, 0.2) is 0 Å². The molecule has 14 heavy (non-hydrogen) atoms. The first-order valence-corrected chi connectivity index (χ1v) is 4.39. The first-order chi connectivity index (χ1) is 6.43. The van der Waals surface area contributed by atoms with Gasteiger partial charge >= 0.3 is 5.97 Å². The summed E-state index contributed by atoms with van der Waals surface area (Å²) in [4.78, 5) is 10.3. The second-order valence-electron chi connectivity index (χ2n) is 2.91. The molecule has 0 aromatic carbocycles. The lowest BCUT2D eigenvalue weighted by Gasteiger charge is -2.08. The lowest BCUT2D eigenvalue weighted by molar-refractivity contribution is -0.147. The summed E-state index contributed by atoms with van der Waals surface area (Å²) in [6, 6.07) is 0. The Hall–Kier alpha value is -0.650. The molecule has 0 aliphatic heterocycles. The van der Waals surface area contributed by atoms with Crippen molar-refractivity contribution >= 4 is 5.97 Å². The molecule has 0 aromatic rings. The summed E-state index contributed by atoms with van der Waals surface area (Å²) in [5.41, 5.74) is 0. The quantitative estimate of drug-likeness (QED) is 0.633. The van der Waals surface area contributed by atoms with Gasteiger partial charge in [-0.3, -0.25) is 4.79 Å². The Morgan fingerprint density at radius 1 is 1.43 bits per heavy atom. The highest BCUT2D eigenvalue weighted by Gasteiger charge is 2.02. The maximum atomic E-state index is 10.3. The molecule has 2 N–H and O–H groups in total. The van der Waals surface area contributed by atoms with Crippen molar-refractivity contribution < 1.29 is 24.5 Å². The second-order valence-corrected chi connectivity index (χ2v) is 2.91. The Morgan fingerprint density at radius 2 is 1.86 bits per heavy atom. The first kappa shape index (κ1) is 15.8. The van der Waals surface area contributed by atoms with Crippen LogP contribution >= 0.6 is 0 Å². The van der Waals surface area contributed by atoms with Gasteiger partial charge in [0.05, 0.1) is 19.3 Å². The predicted octanol–water partition coefficient (Wildman–Crippen LogP) is -0.0561. The van der Waals surface area contributed by atoms with Crippen LogP contribution in [0.15, 0.2) is 0 Å². The normalized spacial score (nSPS) is 13.6. The molecular weight excluding hydrogens is 188 g/mol. The van der Waals surface area contributed by atoms with E-state index in [-0.39, 0.29) is 18.7 Å². The van der Waals surface area contributed by atoms with Crippen molar-refractivity contribution in [3.63, 3.8) is 0 Å². The second kappa shape index (κ2) is 10.4. The Labute approximate surface area is 84.6 Å². The van der Waals surface area contributed by atoms with Crippen molar-refractivity contribution in [1.29, 1.82) is 0 Å². The summed E-state index contributed by atoms with van der Waals surface area (Å²) in [5, 5.41) is 16.0. The molecule has 2 atom stereocenters. The molecule has 0 fully saturated rings. The minimum absolute atomic E-state index is 0.132.